The van der Waals surface area contributed by atoms with Crippen LogP contribution in [0.25, 0.3) is 11.1 Å². The molecule has 0 radical (unpaired) electrons. The van der Waals surface area contributed by atoms with Gasteiger partial charge in [-0.05, 0) is 68.0 Å². The topological polar surface area (TPSA) is 182 Å². The van der Waals surface area contributed by atoms with E-state index < -0.39 is 17.8 Å². The molecule has 7 rings (SSSR count). The Morgan fingerprint density at radius 2 is 1.76 bits per heavy atom. The zero-order valence-electron chi connectivity index (χ0n) is 32.4. The van der Waals surface area contributed by atoms with Gasteiger partial charge in [-0.2, -0.15) is 5.10 Å². The van der Waals surface area contributed by atoms with Crippen molar-refractivity contribution in [3.8, 4) is 16.9 Å². The second kappa shape index (κ2) is 18.6. The number of nitrogens with two attached hydrogens (primary N) is 1. The minimum atomic E-state index is -0.723. The number of nitrogen functional groups attached to an aromatic ring is 1. The number of fused-ring (bicyclic) bond motifs is 1. The summed E-state index contributed by atoms with van der Waals surface area (Å²) in [5.41, 5.74) is 9.81. The molecule has 5 amide bonds. The number of nitrogens with one attached hydrogen (secondary N) is 2. The number of carbonyl (C=O) groups excluding carboxylic acids is 5. The van der Waals surface area contributed by atoms with Gasteiger partial charge in [0, 0.05) is 90.7 Å². The van der Waals surface area contributed by atoms with E-state index in [1.54, 1.807) is 36.7 Å². The van der Waals surface area contributed by atoms with E-state index in [1.807, 2.05) is 15.8 Å². The summed E-state index contributed by atoms with van der Waals surface area (Å²) in [5.74, 6) is -1.10. The molecule has 2 aromatic heterocycles. The summed E-state index contributed by atoms with van der Waals surface area (Å²) in [4.78, 5) is 70.6. The number of imide groups is 1. The van der Waals surface area contributed by atoms with Crippen molar-refractivity contribution in [2.45, 2.75) is 89.3 Å². The van der Waals surface area contributed by atoms with E-state index >= 15 is 0 Å². The van der Waals surface area contributed by atoms with Crippen molar-refractivity contribution >= 4 is 64.2 Å². The summed E-state index contributed by atoms with van der Waals surface area (Å²) >= 11 is 12.3. The number of amides is 5. The van der Waals surface area contributed by atoms with Gasteiger partial charge >= 0.3 is 0 Å². The highest BCUT2D eigenvalue weighted by Crippen LogP contribution is 2.34. The maximum atomic E-state index is 13.9. The van der Waals surface area contributed by atoms with Crippen LogP contribution in [0.15, 0.2) is 55.0 Å². The van der Waals surface area contributed by atoms with Gasteiger partial charge in [0.15, 0.2) is 11.6 Å². The Morgan fingerprint density at radius 3 is 2.54 bits per heavy atom. The number of piperidine rings is 2. The lowest BCUT2D eigenvalue weighted by molar-refractivity contribution is -0.137. The largest absolute Gasteiger partial charge is 0.489 e. The van der Waals surface area contributed by atoms with Crippen LogP contribution in [0.3, 0.4) is 0 Å². The van der Waals surface area contributed by atoms with Crippen molar-refractivity contribution in [1.29, 1.82) is 0 Å². The number of rotatable bonds is 15. The van der Waals surface area contributed by atoms with Crippen LogP contribution in [0.1, 0.15) is 91.7 Å². The Labute approximate surface area is 350 Å². The number of ether oxygens (including phenoxy) is 1. The molecule has 0 bridgehead atoms. The minimum Gasteiger partial charge on any atom is -0.489 e. The van der Waals surface area contributed by atoms with Crippen molar-refractivity contribution < 1.29 is 33.1 Å². The molecule has 2 fully saturated rings. The molecule has 17 heteroatoms. The maximum absolute atomic E-state index is 13.9. The molecule has 14 nitrogen and oxygen atoms in total. The standard InChI is InChI=1S/C42H45Cl2FN8O6/c43-31-10-11-32(45)39(44)29(31)16-19-59-35-20-25(21-47-40(35)46)26-22-48-53(23-26)27-14-17-51(18-15-27)38(56)9-4-2-1-3-8-36(54)49-33-7-5-6-28-30(33)24-52(42(28)58)34-12-13-37(55)50-41(34)57/h5-7,10-11,20-23,27,34H,1-4,8-9,12-19,24H2,(H2,46,47)(H,49,54)(H,50,55,57)/t34-/m1/s1. The van der Waals surface area contributed by atoms with Crippen LogP contribution in [-0.4, -0.2) is 79.8 Å². The van der Waals surface area contributed by atoms with Crippen LogP contribution >= 0.6 is 23.2 Å². The smallest absolute Gasteiger partial charge is 0.255 e. The van der Waals surface area contributed by atoms with Gasteiger partial charge in [0.25, 0.3) is 5.91 Å². The third-order valence-corrected chi connectivity index (χ3v) is 11.9. The highest BCUT2D eigenvalue weighted by Gasteiger charge is 2.40. The Hall–Kier alpha value is -5.54. The number of anilines is 2. The summed E-state index contributed by atoms with van der Waals surface area (Å²) in [7, 11) is 0. The number of halogens is 3. The first-order valence-corrected chi connectivity index (χ1v) is 20.6. The van der Waals surface area contributed by atoms with Gasteiger partial charge < -0.3 is 25.6 Å². The molecule has 0 saturated carbocycles. The summed E-state index contributed by atoms with van der Waals surface area (Å²) in [6, 6.07) is 9.02. The zero-order chi connectivity index (χ0) is 41.6. The lowest BCUT2D eigenvalue weighted by Gasteiger charge is -2.32. The maximum Gasteiger partial charge on any atom is 0.255 e. The zero-order valence-corrected chi connectivity index (χ0v) is 33.9. The number of likely N-dealkylation sites (tertiary alicyclic amines) is 1. The summed E-state index contributed by atoms with van der Waals surface area (Å²) < 4.78 is 21.7. The lowest BCUT2D eigenvalue weighted by atomic mass is 10.0. The monoisotopic (exact) mass is 846 g/mol. The van der Waals surface area contributed by atoms with Crippen molar-refractivity contribution in [2.24, 2.45) is 0 Å². The molecule has 4 N–H and O–H groups in total. The van der Waals surface area contributed by atoms with Crippen LogP contribution in [-0.2, 0) is 32.1 Å². The third-order valence-electron chi connectivity index (χ3n) is 11.2. The minimum absolute atomic E-state index is 0.0323. The molecule has 3 aliphatic heterocycles. The second-order valence-electron chi connectivity index (χ2n) is 15.0. The third kappa shape index (κ3) is 9.68. The van der Waals surface area contributed by atoms with Crippen molar-refractivity contribution in [3.05, 3.63) is 87.5 Å². The fourth-order valence-electron chi connectivity index (χ4n) is 7.85. The first-order chi connectivity index (χ1) is 28.5. The van der Waals surface area contributed by atoms with Crippen molar-refractivity contribution in [2.75, 3.05) is 30.7 Å². The Morgan fingerprint density at radius 1 is 0.983 bits per heavy atom. The Balaban J connectivity index is 0.799. The van der Waals surface area contributed by atoms with Crippen LogP contribution in [0.4, 0.5) is 15.9 Å². The number of hydrogen-bond donors (Lipinski definition) is 3. The van der Waals surface area contributed by atoms with Crippen LogP contribution in [0.5, 0.6) is 5.75 Å². The Bertz CT molecular complexity index is 2260. The number of carbonyl (C=O) groups is 5. The van der Waals surface area contributed by atoms with Gasteiger partial charge in [-0.3, -0.25) is 34.0 Å². The number of unbranched alkanes of at least 4 members (excludes halogenated alkanes) is 3. The summed E-state index contributed by atoms with van der Waals surface area (Å²) in [6.45, 7) is 1.62. The predicted octanol–water partition coefficient (Wildman–Crippen LogP) is 6.50. The SMILES string of the molecule is Nc1ncc(-c2cnn(C3CCN(C(=O)CCCCCCC(=O)Nc4cccc5c4CN([C@@H]4CCC(=O)NC4=O)C5=O)CC3)c2)cc1OCCc1c(Cl)ccc(F)c1Cl. The van der Waals surface area contributed by atoms with Gasteiger partial charge in [0.1, 0.15) is 11.9 Å². The quantitative estimate of drug-likeness (QED) is 0.0684. The van der Waals surface area contributed by atoms with Crippen LogP contribution in [0.2, 0.25) is 10.0 Å². The first kappa shape index (κ1) is 41.6. The van der Waals surface area contributed by atoms with E-state index in [4.69, 9.17) is 33.7 Å². The molecule has 0 spiro atoms. The molecule has 2 saturated heterocycles. The summed E-state index contributed by atoms with van der Waals surface area (Å²) in [6.07, 6.45) is 11.4. The number of hydrogen-bond acceptors (Lipinski definition) is 9. The van der Waals surface area contributed by atoms with Gasteiger partial charge in [0.2, 0.25) is 23.6 Å². The molecule has 2 aromatic carbocycles. The highest BCUT2D eigenvalue weighted by atomic mass is 35.5. The fourth-order valence-corrected chi connectivity index (χ4v) is 8.41. The summed E-state index contributed by atoms with van der Waals surface area (Å²) in [5, 5.41) is 10.2. The van der Waals surface area contributed by atoms with E-state index in [0.29, 0.717) is 65.5 Å². The number of nitrogens with zero attached hydrogens (tertiary/aromatic N) is 5. The molecular weight excluding hydrogens is 802 g/mol. The average molecular weight is 848 g/mol. The highest BCUT2D eigenvalue weighted by molar-refractivity contribution is 6.36. The predicted molar refractivity (Wildman–Crippen MR) is 219 cm³/mol. The lowest BCUT2D eigenvalue weighted by Crippen LogP contribution is -2.52. The number of benzene rings is 2. The molecule has 0 unspecified atom stereocenters. The van der Waals surface area contributed by atoms with Crippen LogP contribution < -0.4 is 21.1 Å². The number of aromatic nitrogens is 3. The molecule has 5 heterocycles. The van der Waals surface area contributed by atoms with E-state index in [9.17, 15) is 28.4 Å². The van der Waals surface area contributed by atoms with Gasteiger partial charge in [-0.15, -0.1) is 0 Å². The molecular formula is C42H45Cl2FN8O6. The van der Waals surface area contributed by atoms with Gasteiger partial charge in [-0.25, -0.2) is 9.37 Å². The molecule has 310 valence electrons. The molecule has 59 heavy (non-hydrogen) atoms. The normalized spacial score (nSPS) is 16.9. The average Bonchev–Trinajstić information content (AvgIpc) is 3.85. The van der Waals surface area contributed by atoms with Crippen molar-refractivity contribution in [3.63, 3.8) is 0 Å². The van der Waals surface area contributed by atoms with E-state index in [2.05, 4.69) is 20.7 Å². The molecule has 1 atom stereocenters. The van der Waals surface area contributed by atoms with E-state index in [0.717, 1.165) is 43.2 Å². The van der Waals surface area contributed by atoms with E-state index in [-0.39, 0.29) is 72.9 Å². The van der Waals surface area contributed by atoms with E-state index in [1.165, 1.54) is 17.0 Å². The first-order valence-electron chi connectivity index (χ1n) is 19.9. The van der Waals surface area contributed by atoms with Gasteiger partial charge in [0.05, 0.1) is 23.9 Å². The molecule has 4 aromatic rings. The van der Waals surface area contributed by atoms with Crippen molar-refractivity contribution in [1.82, 2.24) is 29.9 Å². The van der Waals surface area contributed by atoms with Crippen LogP contribution in [0, 0.1) is 5.82 Å². The second-order valence-corrected chi connectivity index (χ2v) is 15.8. The Kier molecular flexibility index (Phi) is 13.1. The molecule has 0 aliphatic carbocycles. The molecule has 3 aliphatic rings. The fraction of sp³-hybridized carbons (Fsp3) is 0.405. The number of pyridine rings is 1. The van der Waals surface area contributed by atoms with Gasteiger partial charge in [-0.1, -0.05) is 42.1 Å².